The monoisotopic (exact) mass is 916 g/mol. The summed E-state index contributed by atoms with van der Waals surface area (Å²) >= 11 is 0. The molecule has 0 unspecified atom stereocenters. The number of anilines is 5. The molecule has 2 aliphatic rings. The number of ether oxygens (including phenoxy) is 2. The van der Waals surface area contributed by atoms with E-state index in [2.05, 4.69) is 35.9 Å². The van der Waals surface area contributed by atoms with Gasteiger partial charge in [-0.3, -0.25) is 19.2 Å². The summed E-state index contributed by atoms with van der Waals surface area (Å²) in [6, 6.07) is 43.7. The number of nitrogens with zero attached hydrogens (tertiary/aromatic N) is 2. The summed E-state index contributed by atoms with van der Waals surface area (Å²) in [5.74, 6) is -0.862. The summed E-state index contributed by atoms with van der Waals surface area (Å²) in [5.41, 5.74) is 15.8. The Hall–Kier alpha value is -7.26. The molecule has 7 N–H and O–H groups in total. The summed E-state index contributed by atoms with van der Waals surface area (Å²) in [6.45, 7) is 6.92. The average Bonchev–Trinajstić information content (AvgIpc) is 3.75. The number of methoxy groups -OCH3 is 1. The Morgan fingerprint density at radius 2 is 1.36 bits per heavy atom. The van der Waals surface area contributed by atoms with Crippen LogP contribution >= 0.6 is 0 Å². The van der Waals surface area contributed by atoms with Gasteiger partial charge in [-0.25, -0.2) is 0 Å². The molecule has 0 radical (unpaired) electrons. The Bertz CT molecular complexity index is 2750. The number of nitrogens with two attached hydrogens (primary N) is 2. The van der Waals surface area contributed by atoms with E-state index < -0.39 is 25.7 Å². The topological polar surface area (TPSA) is 190 Å². The molecule has 13 nitrogen and oxygen atoms in total. The highest BCUT2D eigenvalue weighted by Gasteiger charge is 2.66. The van der Waals surface area contributed by atoms with Crippen molar-refractivity contribution in [2.45, 2.75) is 56.8 Å². The molecule has 4 atom stereocenters. The molecule has 2 aliphatic heterocycles. The molecule has 67 heavy (non-hydrogen) atoms. The largest absolute Gasteiger partial charge is 0.497 e. The van der Waals surface area contributed by atoms with E-state index in [1.165, 1.54) is 0 Å². The van der Waals surface area contributed by atoms with Crippen molar-refractivity contribution >= 4 is 65.3 Å². The van der Waals surface area contributed by atoms with E-state index in [-0.39, 0.29) is 55.3 Å². The molecule has 6 aromatic carbocycles. The van der Waals surface area contributed by atoms with Crippen LogP contribution in [-0.2, 0) is 33.0 Å². The van der Waals surface area contributed by atoms with Crippen molar-refractivity contribution < 1.29 is 33.8 Å². The van der Waals surface area contributed by atoms with Crippen molar-refractivity contribution in [2.75, 3.05) is 47.3 Å². The zero-order valence-electron chi connectivity index (χ0n) is 38.1. The quantitative estimate of drug-likeness (QED) is 0.0512. The molecule has 344 valence electrons. The van der Waals surface area contributed by atoms with E-state index in [0.717, 1.165) is 16.3 Å². The van der Waals surface area contributed by atoms with E-state index >= 15 is 4.79 Å². The van der Waals surface area contributed by atoms with Gasteiger partial charge in [0, 0.05) is 58.4 Å². The first-order valence-corrected chi connectivity index (χ1v) is 25.4. The second-order valence-corrected chi connectivity index (χ2v) is 22.5. The molecule has 6 aromatic rings. The first-order chi connectivity index (χ1) is 32.2. The molecular formula is C53H56N6O7Si. The molecule has 1 saturated heterocycles. The normalized spacial score (nSPS) is 18.7. The van der Waals surface area contributed by atoms with Crippen LogP contribution in [0.25, 0.3) is 0 Å². The molecule has 4 amide bonds. The summed E-state index contributed by atoms with van der Waals surface area (Å²) in [5, 5.41) is 17.2. The number of aliphatic hydroxyl groups excluding tert-OH is 1. The Morgan fingerprint density at radius 3 is 1.94 bits per heavy atom. The van der Waals surface area contributed by atoms with Gasteiger partial charge in [-0.05, 0) is 108 Å². The minimum Gasteiger partial charge on any atom is -0.497 e. The molecule has 0 aromatic heterocycles. The van der Waals surface area contributed by atoms with Gasteiger partial charge in [-0.1, -0.05) is 79.8 Å². The fourth-order valence-electron chi connectivity index (χ4n) is 9.82. The van der Waals surface area contributed by atoms with Crippen LogP contribution in [0.15, 0.2) is 146 Å². The van der Waals surface area contributed by atoms with Crippen LogP contribution in [0.5, 0.6) is 5.75 Å². The summed E-state index contributed by atoms with van der Waals surface area (Å²) in [4.78, 5) is 60.3. The van der Waals surface area contributed by atoms with Crippen molar-refractivity contribution in [2.24, 2.45) is 5.92 Å². The van der Waals surface area contributed by atoms with Crippen molar-refractivity contribution in [3.05, 3.63) is 173 Å². The Morgan fingerprint density at radius 1 is 0.776 bits per heavy atom. The van der Waals surface area contributed by atoms with Gasteiger partial charge in [0.1, 0.15) is 5.75 Å². The lowest BCUT2D eigenvalue weighted by atomic mass is 9.82. The van der Waals surface area contributed by atoms with Gasteiger partial charge in [0.2, 0.25) is 5.91 Å². The molecule has 2 heterocycles. The second-order valence-electron chi connectivity index (χ2n) is 17.9. The Kier molecular flexibility index (Phi) is 13.3. The minimum atomic E-state index is -2.67. The van der Waals surface area contributed by atoms with Crippen LogP contribution in [0, 0.1) is 5.92 Å². The second kappa shape index (κ2) is 19.3. The standard InChI is InChI=1S/C53H56N6O7Si/c1-34-49(67(3,4)44-25-23-43(65-2)24-26-44)47(31-48(61)58(28-29-60)32-35-8-6-5-7-9-35)66-53(34)45-30-42(57-51(63)38-14-18-40(55)19-15-38)22-27-46(45)59(52(53)64)33-36-10-20-41(21-11-36)56-50(62)37-12-16-39(54)17-13-37/h5-27,30,34,47,49,60H,28-29,31-33,54-55H2,1-4H3,(H,56,62)(H,57,63)/t34-,47+,49-,53+/m1/s1. The molecule has 1 fully saturated rings. The van der Waals surface area contributed by atoms with Crippen molar-refractivity contribution in [3.63, 3.8) is 0 Å². The van der Waals surface area contributed by atoms with Gasteiger partial charge >= 0.3 is 0 Å². The van der Waals surface area contributed by atoms with Crippen molar-refractivity contribution in [1.82, 2.24) is 4.90 Å². The number of rotatable bonds is 15. The van der Waals surface area contributed by atoms with Gasteiger partial charge in [-0.2, -0.15) is 0 Å². The smallest absolute Gasteiger partial charge is 0.264 e. The summed E-state index contributed by atoms with van der Waals surface area (Å²) < 4.78 is 12.9. The predicted molar refractivity (Wildman–Crippen MR) is 265 cm³/mol. The number of carbonyl (C=O) groups excluding carboxylic acids is 4. The number of carbonyl (C=O) groups is 4. The summed E-state index contributed by atoms with van der Waals surface area (Å²) in [6.07, 6.45) is -0.743. The number of aliphatic hydroxyl groups is 1. The van der Waals surface area contributed by atoms with Crippen molar-refractivity contribution in [3.8, 4) is 5.75 Å². The van der Waals surface area contributed by atoms with Crippen molar-refractivity contribution in [1.29, 1.82) is 0 Å². The number of hydrogen-bond donors (Lipinski definition) is 5. The van der Waals surface area contributed by atoms with Gasteiger partial charge in [0.15, 0.2) is 5.60 Å². The molecule has 8 rings (SSSR count). The van der Waals surface area contributed by atoms with E-state index in [4.69, 9.17) is 20.9 Å². The van der Waals surface area contributed by atoms with Crippen LogP contribution in [0.4, 0.5) is 28.4 Å². The van der Waals surface area contributed by atoms with Crippen LogP contribution in [0.3, 0.4) is 0 Å². The third-order valence-electron chi connectivity index (χ3n) is 13.3. The maximum atomic E-state index is 15.7. The molecule has 0 aliphatic carbocycles. The van der Waals surface area contributed by atoms with E-state index in [1.54, 1.807) is 83.6 Å². The zero-order chi connectivity index (χ0) is 47.5. The number of amides is 4. The Balaban J connectivity index is 1.18. The highest BCUT2D eigenvalue weighted by molar-refractivity contribution is 6.91. The zero-order valence-corrected chi connectivity index (χ0v) is 39.1. The number of benzene rings is 6. The van der Waals surface area contributed by atoms with E-state index in [1.807, 2.05) is 73.7 Å². The number of fused-ring (bicyclic) bond motifs is 2. The first kappa shape index (κ1) is 46.3. The highest BCUT2D eigenvalue weighted by Crippen LogP contribution is 2.60. The average molecular weight is 917 g/mol. The third kappa shape index (κ3) is 9.41. The molecule has 0 bridgehead atoms. The molecule has 14 heteroatoms. The fraction of sp³-hybridized carbons (Fsp3) is 0.245. The SMILES string of the molecule is COc1ccc([Si](C)(C)[C@H]2[C@H](CC(=O)N(CCO)Cc3ccccc3)O[C@@]3(C(=O)N(Cc4ccc(NC(=O)c5ccc(N)cc5)cc4)c4ccc(NC(=O)c5ccc(N)cc5)cc43)[C@@H]2C)cc1. The van der Waals surface area contributed by atoms with E-state index in [0.29, 0.717) is 57.4 Å². The third-order valence-corrected chi connectivity index (χ3v) is 17.7. The number of nitrogens with one attached hydrogen (secondary N) is 2. The lowest BCUT2D eigenvalue weighted by molar-refractivity contribution is -0.150. The minimum absolute atomic E-state index is 0.0318. The van der Waals surface area contributed by atoms with Gasteiger partial charge in [0.25, 0.3) is 17.7 Å². The molecular weight excluding hydrogens is 861 g/mol. The molecule has 1 spiro atoms. The van der Waals surface area contributed by atoms with Crippen LogP contribution < -0.4 is 36.9 Å². The summed E-state index contributed by atoms with van der Waals surface area (Å²) in [7, 11) is -1.05. The molecule has 0 saturated carbocycles. The number of hydrogen-bond acceptors (Lipinski definition) is 9. The van der Waals surface area contributed by atoms with Gasteiger partial charge in [-0.15, -0.1) is 0 Å². The maximum absolute atomic E-state index is 15.7. The lowest BCUT2D eigenvalue weighted by Crippen LogP contribution is -2.52. The predicted octanol–water partition coefficient (Wildman–Crippen LogP) is 7.54. The Labute approximate surface area is 391 Å². The van der Waals surface area contributed by atoms with E-state index in [9.17, 15) is 19.5 Å². The highest BCUT2D eigenvalue weighted by atomic mass is 28.3. The maximum Gasteiger partial charge on any atom is 0.264 e. The number of nitrogen functional groups attached to an aromatic ring is 2. The first-order valence-electron chi connectivity index (χ1n) is 22.4. The van der Waals surface area contributed by atoms with Gasteiger partial charge in [0.05, 0.1) is 46.5 Å². The lowest BCUT2D eigenvalue weighted by Gasteiger charge is -2.37. The van der Waals surface area contributed by atoms with Crippen LogP contribution in [-0.4, -0.2) is 68.1 Å². The van der Waals surface area contributed by atoms with Crippen LogP contribution in [0.1, 0.15) is 50.8 Å². The van der Waals surface area contributed by atoms with Crippen LogP contribution in [0.2, 0.25) is 18.6 Å². The fourth-order valence-corrected chi connectivity index (χ4v) is 13.8. The van der Waals surface area contributed by atoms with Gasteiger partial charge < -0.3 is 46.5 Å².